The zero-order valence-electron chi connectivity index (χ0n) is 27.7. The smallest absolute Gasteiger partial charge is 0.113 e. The van der Waals surface area contributed by atoms with Crippen molar-refractivity contribution in [2.45, 2.75) is 0 Å². The second-order valence-electron chi connectivity index (χ2n) is 12.4. The van der Waals surface area contributed by atoms with Gasteiger partial charge in [-0.3, -0.25) is 0 Å². The minimum absolute atomic E-state index is 0.920. The second kappa shape index (κ2) is 13.4. The van der Waals surface area contributed by atoms with Gasteiger partial charge in [-0.05, 0) is 94.7 Å². The molecule has 0 atom stereocenters. The summed E-state index contributed by atoms with van der Waals surface area (Å²) in [6.45, 7) is 0. The van der Waals surface area contributed by atoms with E-state index in [0.29, 0.717) is 0 Å². The molecule has 0 saturated heterocycles. The Bertz CT molecular complexity index is 2290. The molecule has 0 amide bonds. The Morgan fingerprint density at radius 3 is 0.882 bits per heavy atom. The van der Waals surface area contributed by atoms with Gasteiger partial charge in [0.25, 0.3) is 0 Å². The molecule has 0 spiro atoms. The van der Waals surface area contributed by atoms with E-state index >= 15 is 0 Å². The molecule has 0 radical (unpaired) electrons. The topological polar surface area (TPSA) is 32.3 Å². The molecule has 0 aliphatic carbocycles. The van der Waals surface area contributed by atoms with E-state index in [0.717, 1.165) is 78.2 Å². The summed E-state index contributed by atoms with van der Waals surface area (Å²) in [6.07, 6.45) is 0. The van der Waals surface area contributed by atoms with Gasteiger partial charge in [0, 0.05) is 45.3 Å². The number of hydrogen-bond donors (Lipinski definition) is 0. The summed E-state index contributed by atoms with van der Waals surface area (Å²) in [4.78, 5) is 4.57. The van der Waals surface area contributed by atoms with Crippen molar-refractivity contribution < 1.29 is 0 Å². The van der Waals surface area contributed by atoms with Gasteiger partial charge in [0.1, 0.15) is 11.0 Å². The minimum Gasteiger partial charge on any atom is -0.311 e. The molecular weight excluding hydrogens is 641 g/mol. The van der Waals surface area contributed by atoms with Crippen LogP contribution in [0, 0.1) is 0 Å². The van der Waals surface area contributed by atoms with Crippen molar-refractivity contribution in [3.8, 4) is 22.3 Å². The zero-order valence-corrected chi connectivity index (χ0v) is 28.5. The van der Waals surface area contributed by atoms with Crippen molar-refractivity contribution in [3.05, 3.63) is 194 Å². The van der Waals surface area contributed by atoms with Crippen LogP contribution in [0.2, 0.25) is 0 Å². The minimum atomic E-state index is 0.920. The van der Waals surface area contributed by atoms with Gasteiger partial charge in [0.15, 0.2) is 0 Å². The lowest BCUT2D eigenvalue weighted by molar-refractivity contribution is 1.28. The molecule has 1 heterocycles. The summed E-state index contributed by atoms with van der Waals surface area (Å²) in [7, 11) is 0. The van der Waals surface area contributed by atoms with Gasteiger partial charge in [0.05, 0.1) is 11.7 Å². The van der Waals surface area contributed by atoms with Crippen LogP contribution in [0.4, 0.5) is 34.1 Å². The van der Waals surface area contributed by atoms with Crippen molar-refractivity contribution in [1.82, 2.24) is 8.75 Å². The van der Waals surface area contributed by atoms with Crippen molar-refractivity contribution in [2.24, 2.45) is 0 Å². The number of fused-ring (bicyclic) bond motifs is 2. The van der Waals surface area contributed by atoms with Gasteiger partial charge in [-0.15, -0.1) is 0 Å². The zero-order chi connectivity index (χ0) is 34.0. The molecule has 0 aliphatic rings. The molecule has 0 unspecified atom stereocenters. The lowest BCUT2D eigenvalue weighted by Gasteiger charge is -2.26. The van der Waals surface area contributed by atoms with Gasteiger partial charge in [-0.2, -0.15) is 8.75 Å². The molecule has 5 heteroatoms. The van der Waals surface area contributed by atoms with Crippen LogP contribution in [0.25, 0.3) is 44.1 Å². The fourth-order valence-electron chi connectivity index (χ4n) is 7.03. The number of nitrogens with zero attached hydrogens (tertiary/aromatic N) is 4. The maximum atomic E-state index is 4.92. The molecular formula is C46H32N4S. The van der Waals surface area contributed by atoms with E-state index in [-0.39, 0.29) is 0 Å². The average molecular weight is 673 g/mol. The van der Waals surface area contributed by atoms with E-state index < -0.39 is 0 Å². The molecule has 9 rings (SSSR count). The Kier molecular flexibility index (Phi) is 8.01. The van der Waals surface area contributed by atoms with Gasteiger partial charge in [-0.25, -0.2) is 0 Å². The van der Waals surface area contributed by atoms with E-state index in [2.05, 4.69) is 204 Å². The standard InChI is InChI=1S/C46H32N4S/c1-5-15-35(16-6-1)49(36-17-7-2-8-18-36)39-29-25-33(26-30-39)43-41-23-13-14-24-42(41)44(46-45(43)47-51-48-46)34-27-31-40(32-28-34)50(37-19-9-3-10-20-37)38-21-11-4-12-22-38/h1-32H. The summed E-state index contributed by atoms with van der Waals surface area (Å²) in [5.41, 5.74) is 12.9. The second-order valence-corrected chi connectivity index (χ2v) is 12.9. The molecule has 51 heavy (non-hydrogen) atoms. The van der Waals surface area contributed by atoms with Crippen LogP contribution < -0.4 is 9.80 Å². The van der Waals surface area contributed by atoms with Crippen molar-refractivity contribution in [3.63, 3.8) is 0 Å². The third kappa shape index (κ3) is 5.70. The van der Waals surface area contributed by atoms with E-state index in [9.17, 15) is 0 Å². The lowest BCUT2D eigenvalue weighted by Crippen LogP contribution is -2.09. The van der Waals surface area contributed by atoms with E-state index in [4.69, 9.17) is 8.75 Å². The van der Waals surface area contributed by atoms with Crippen molar-refractivity contribution >= 4 is 67.7 Å². The average Bonchev–Trinajstić information content (AvgIpc) is 3.69. The van der Waals surface area contributed by atoms with Crippen LogP contribution in [0.1, 0.15) is 0 Å². The van der Waals surface area contributed by atoms with Crippen LogP contribution >= 0.6 is 11.7 Å². The SMILES string of the molecule is c1ccc(N(c2ccccc2)c2ccc(-c3c4ccccc4c(-c4ccc(N(c5ccccc5)c5ccccc5)cc4)c4nsnc34)cc2)cc1. The predicted molar refractivity (Wildman–Crippen MR) is 215 cm³/mol. The molecule has 0 aliphatic heterocycles. The molecule has 1 aromatic heterocycles. The van der Waals surface area contributed by atoms with Gasteiger partial charge < -0.3 is 9.80 Å². The first-order valence-corrected chi connectivity index (χ1v) is 17.7. The van der Waals surface area contributed by atoms with Crippen LogP contribution in [-0.4, -0.2) is 8.75 Å². The fraction of sp³-hybridized carbons (Fsp3) is 0. The highest BCUT2D eigenvalue weighted by Crippen LogP contribution is 2.44. The van der Waals surface area contributed by atoms with E-state index in [1.807, 2.05) is 0 Å². The molecule has 0 N–H and O–H groups in total. The third-order valence-electron chi connectivity index (χ3n) is 9.31. The number of aromatic nitrogens is 2. The first-order valence-electron chi connectivity index (χ1n) is 17.0. The first kappa shape index (κ1) is 30.5. The normalized spacial score (nSPS) is 11.1. The maximum absolute atomic E-state index is 4.92. The number of para-hydroxylation sites is 4. The number of benzene rings is 8. The maximum Gasteiger partial charge on any atom is 0.113 e. The van der Waals surface area contributed by atoms with Crippen molar-refractivity contribution in [2.75, 3.05) is 9.80 Å². The molecule has 0 bridgehead atoms. The molecule has 0 saturated carbocycles. The van der Waals surface area contributed by atoms with Gasteiger partial charge >= 0.3 is 0 Å². The van der Waals surface area contributed by atoms with Crippen LogP contribution in [0.3, 0.4) is 0 Å². The Labute approximate surface area is 301 Å². The van der Waals surface area contributed by atoms with Crippen LogP contribution in [-0.2, 0) is 0 Å². The molecule has 242 valence electrons. The largest absolute Gasteiger partial charge is 0.311 e. The summed E-state index contributed by atoms with van der Waals surface area (Å²) >= 11 is 1.27. The van der Waals surface area contributed by atoms with Gasteiger partial charge in [-0.1, -0.05) is 121 Å². The number of hydrogen-bond acceptors (Lipinski definition) is 5. The molecule has 8 aromatic carbocycles. The summed E-state index contributed by atoms with van der Waals surface area (Å²) in [5, 5.41) is 2.31. The Balaban J connectivity index is 1.14. The number of anilines is 6. The highest BCUT2D eigenvalue weighted by molar-refractivity contribution is 7.00. The van der Waals surface area contributed by atoms with E-state index in [1.165, 1.54) is 11.7 Å². The molecule has 4 nitrogen and oxygen atoms in total. The highest BCUT2D eigenvalue weighted by atomic mass is 32.1. The summed E-state index contributed by atoms with van der Waals surface area (Å²) in [5.74, 6) is 0. The van der Waals surface area contributed by atoms with Gasteiger partial charge in [0.2, 0.25) is 0 Å². The monoisotopic (exact) mass is 672 g/mol. The van der Waals surface area contributed by atoms with Crippen molar-refractivity contribution in [1.29, 1.82) is 0 Å². The lowest BCUT2D eigenvalue weighted by atomic mass is 9.90. The summed E-state index contributed by atoms with van der Waals surface area (Å²) in [6, 6.07) is 68.3. The van der Waals surface area contributed by atoms with Crippen LogP contribution in [0.15, 0.2) is 194 Å². The molecule has 9 aromatic rings. The molecule has 0 fully saturated rings. The van der Waals surface area contributed by atoms with Crippen LogP contribution in [0.5, 0.6) is 0 Å². The Morgan fingerprint density at radius 1 is 0.294 bits per heavy atom. The quantitative estimate of drug-likeness (QED) is 0.161. The van der Waals surface area contributed by atoms with E-state index in [1.54, 1.807) is 0 Å². The highest BCUT2D eigenvalue weighted by Gasteiger charge is 2.21. The fourth-order valence-corrected chi connectivity index (χ4v) is 7.59. The Hall–Kier alpha value is -6.56. The first-order chi connectivity index (χ1) is 25.3. The predicted octanol–water partition coefficient (Wildman–Crippen LogP) is 13.1. The third-order valence-corrected chi connectivity index (χ3v) is 9.84. The number of rotatable bonds is 8. The Morgan fingerprint density at radius 2 is 0.569 bits per heavy atom. The summed E-state index contributed by atoms with van der Waals surface area (Å²) < 4.78 is 9.84.